The number of para-hydroxylation sites is 2. The summed E-state index contributed by atoms with van der Waals surface area (Å²) in [6, 6.07) is 6.71. The second-order valence-electron chi connectivity index (χ2n) is 3.20. The molecule has 0 saturated heterocycles. The molecule has 0 saturated carbocycles. The fourth-order valence-corrected chi connectivity index (χ4v) is 2.37. The van der Waals surface area contributed by atoms with E-state index in [9.17, 15) is 4.79 Å². The van der Waals surface area contributed by atoms with E-state index in [1.165, 1.54) is 0 Å². The van der Waals surface area contributed by atoms with Crippen LogP contribution in [0, 0.1) is 6.57 Å². The number of nitrogens with one attached hydrogen (secondary N) is 1. The lowest BCUT2D eigenvalue weighted by Crippen LogP contribution is -2.10. The van der Waals surface area contributed by atoms with Crippen molar-refractivity contribution in [1.29, 1.82) is 0 Å². The maximum Gasteiger partial charge on any atom is 0.267 e. The molecule has 7 heteroatoms. The standard InChI is InChI=1S/C11H5Cl2N3OS/c1-14-6-4-2-3-5-7(6)15-11(17)9-8(12)10(13)16-18-9/h2-5H,(H,15,17). The minimum atomic E-state index is -0.430. The molecule has 0 fully saturated rings. The van der Waals surface area contributed by atoms with Gasteiger partial charge in [-0.15, -0.1) is 0 Å². The predicted molar refractivity (Wildman–Crippen MR) is 72.8 cm³/mol. The molecular weight excluding hydrogens is 293 g/mol. The van der Waals surface area contributed by atoms with Crippen molar-refractivity contribution in [2.45, 2.75) is 0 Å². The fraction of sp³-hybridized carbons (Fsp3) is 0. The number of nitrogens with zero attached hydrogens (tertiary/aromatic N) is 2. The van der Waals surface area contributed by atoms with Crippen LogP contribution in [0.1, 0.15) is 9.67 Å². The third-order valence-electron chi connectivity index (χ3n) is 2.08. The van der Waals surface area contributed by atoms with Gasteiger partial charge in [-0.25, -0.2) is 4.85 Å². The summed E-state index contributed by atoms with van der Waals surface area (Å²) in [4.78, 5) is 15.5. The first kappa shape index (κ1) is 12.8. The smallest absolute Gasteiger partial charge is 0.267 e. The maximum absolute atomic E-state index is 11.9. The van der Waals surface area contributed by atoms with E-state index >= 15 is 0 Å². The third-order valence-corrected chi connectivity index (χ3v) is 3.87. The predicted octanol–water partition coefficient (Wildman–Crippen LogP) is 4.25. The van der Waals surface area contributed by atoms with Gasteiger partial charge < -0.3 is 5.32 Å². The quantitative estimate of drug-likeness (QED) is 0.842. The number of hydrogen-bond donors (Lipinski definition) is 1. The molecule has 18 heavy (non-hydrogen) atoms. The number of anilines is 1. The first-order valence-corrected chi connectivity index (χ1v) is 6.25. The highest BCUT2D eigenvalue weighted by atomic mass is 35.5. The van der Waals surface area contributed by atoms with Gasteiger partial charge in [0.05, 0.1) is 6.57 Å². The summed E-state index contributed by atoms with van der Waals surface area (Å²) < 4.78 is 3.78. The second-order valence-corrected chi connectivity index (χ2v) is 4.71. The lowest BCUT2D eigenvalue weighted by Gasteiger charge is -2.05. The number of carbonyl (C=O) groups is 1. The highest BCUT2D eigenvalue weighted by Gasteiger charge is 2.18. The second kappa shape index (κ2) is 5.36. The Morgan fingerprint density at radius 1 is 1.39 bits per heavy atom. The van der Waals surface area contributed by atoms with E-state index in [0.717, 1.165) is 11.5 Å². The summed E-state index contributed by atoms with van der Waals surface area (Å²) in [7, 11) is 0. The largest absolute Gasteiger partial charge is 0.330 e. The number of hydrogen-bond acceptors (Lipinski definition) is 3. The number of halogens is 2. The van der Waals surface area contributed by atoms with Crippen LogP contribution in [0.25, 0.3) is 4.85 Å². The van der Waals surface area contributed by atoms with Crippen molar-refractivity contribution in [1.82, 2.24) is 4.37 Å². The Hall–Kier alpha value is -1.61. The highest BCUT2D eigenvalue weighted by molar-refractivity contribution is 7.09. The molecule has 2 aromatic rings. The molecule has 0 aliphatic carbocycles. The Labute approximate surface area is 117 Å². The zero-order valence-corrected chi connectivity index (χ0v) is 11.1. The zero-order valence-electron chi connectivity index (χ0n) is 8.78. The molecule has 0 radical (unpaired) electrons. The van der Waals surface area contributed by atoms with Crippen molar-refractivity contribution in [3.05, 3.63) is 50.7 Å². The summed E-state index contributed by atoms with van der Waals surface area (Å²) in [5.74, 6) is -0.430. The molecule has 1 heterocycles. The minimum Gasteiger partial charge on any atom is -0.330 e. The van der Waals surface area contributed by atoms with E-state index in [4.69, 9.17) is 29.8 Å². The number of aromatic nitrogens is 1. The van der Waals surface area contributed by atoms with Crippen molar-refractivity contribution < 1.29 is 4.79 Å². The number of benzene rings is 1. The molecule has 0 unspecified atom stereocenters. The average molecular weight is 298 g/mol. The summed E-state index contributed by atoms with van der Waals surface area (Å²) >= 11 is 12.4. The van der Waals surface area contributed by atoms with Crippen molar-refractivity contribution in [3.8, 4) is 0 Å². The molecular formula is C11H5Cl2N3OS. The van der Waals surface area contributed by atoms with Gasteiger partial charge in [-0.1, -0.05) is 41.4 Å². The van der Waals surface area contributed by atoms with Crippen LogP contribution < -0.4 is 5.32 Å². The maximum atomic E-state index is 11.9. The minimum absolute atomic E-state index is 0.102. The molecule has 90 valence electrons. The van der Waals surface area contributed by atoms with Crippen molar-refractivity contribution >= 4 is 52.0 Å². The van der Waals surface area contributed by atoms with Crippen molar-refractivity contribution in [3.63, 3.8) is 0 Å². The number of amides is 1. The Bertz CT molecular complexity index is 648. The van der Waals surface area contributed by atoms with Crippen molar-refractivity contribution in [2.75, 3.05) is 5.32 Å². The van der Waals surface area contributed by atoms with Gasteiger partial charge in [0.2, 0.25) is 5.69 Å². The fourth-order valence-electron chi connectivity index (χ4n) is 1.26. The van der Waals surface area contributed by atoms with Crippen LogP contribution in [-0.2, 0) is 0 Å². The molecule has 1 aromatic carbocycles. The summed E-state index contributed by atoms with van der Waals surface area (Å²) in [6.07, 6.45) is 0. The molecule has 1 N–H and O–H groups in total. The molecule has 2 rings (SSSR count). The van der Waals surface area contributed by atoms with Gasteiger partial charge in [-0.3, -0.25) is 4.79 Å². The Kier molecular flexibility index (Phi) is 3.82. The zero-order chi connectivity index (χ0) is 13.1. The topological polar surface area (TPSA) is 46.4 Å². The van der Waals surface area contributed by atoms with Crippen LogP contribution in [0.15, 0.2) is 24.3 Å². The van der Waals surface area contributed by atoms with E-state index < -0.39 is 5.91 Å². The van der Waals surface area contributed by atoms with E-state index in [1.807, 2.05) is 0 Å². The Morgan fingerprint density at radius 2 is 2.11 bits per heavy atom. The van der Waals surface area contributed by atoms with Gasteiger partial charge in [0.1, 0.15) is 9.90 Å². The molecule has 0 spiro atoms. The van der Waals surface area contributed by atoms with Gasteiger partial charge in [0.25, 0.3) is 5.91 Å². The van der Waals surface area contributed by atoms with E-state index in [1.54, 1.807) is 24.3 Å². The van der Waals surface area contributed by atoms with E-state index in [0.29, 0.717) is 11.4 Å². The summed E-state index contributed by atoms with van der Waals surface area (Å²) in [5.41, 5.74) is 0.788. The first-order valence-electron chi connectivity index (χ1n) is 4.72. The summed E-state index contributed by atoms with van der Waals surface area (Å²) in [5, 5.41) is 2.83. The van der Waals surface area contributed by atoms with Crippen LogP contribution in [0.3, 0.4) is 0 Å². The summed E-state index contributed by atoms with van der Waals surface area (Å²) in [6.45, 7) is 7.00. The first-order chi connectivity index (χ1) is 8.63. The van der Waals surface area contributed by atoms with Crippen molar-refractivity contribution in [2.24, 2.45) is 0 Å². The highest BCUT2D eigenvalue weighted by Crippen LogP contribution is 2.30. The van der Waals surface area contributed by atoms with Gasteiger partial charge in [-0.05, 0) is 17.6 Å². The Morgan fingerprint density at radius 3 is 2.72 bits per heavy atom. The average Bonchev–Trinajstić information content (AvgIpc) is 2.71. The molecule has 1 amide bonds. The number of carbonyl (C=O) groups excluding carboxylic acids is 1. The molecule has 0 bridgehead atoms. The molecule has 0 aliphatic rings. The van der Waals surface area contributed by atoms with Crippen LogP contribution in [-0.4, -0.2) is 10.3 Å². The monoisotopic (exact) mass is 297 g/mol. The van der Waals surface area contributed by atoms with E-state index in [2.05, 4.69) is 14.5 Å². The number of rotatable bonds is 2. The SMILES string of the molecule is [C-]#[N+]c1ccccc1NC(=O)c1snc(Cl)c1Cl. The van der Waals surface area contributed by atoms with Crippen LogP contribution >= 0.6 is 34.7 Å². The molecule has 1 aromatic heterocycles. The van der Waals surface area contributed by atoms with Gasteiger partial charge in [0.15, 0.2) is 5.15 Å². The van der Waals surface area contributed by atoms with Gasteiger partial charge in [0, 0.05) is 5.69 Å². The Balaban J connectivity index is 2.28. The van der Waals surface area contributed by atoms with Gasteiger partial charge >= 0.3 is 0 Å². The molecule has 4 nitrogen and oxygen atoms in total. The van der Waals surface area contributed by atoms with E-state index in [-0.39, 0.29) is 15.1 Å². The normalized spacial score (nSPS) is 9.83. The molecule has 0 aliphatic heterocycles. The lowest BCUT2D eigenvalue weighted by atomic mass is 10.2. The van der Waals surface area contributed by atoms with Crippen LogP contribution in [0.2, 0.25) is 10.2 Å². The van der Waals surface area contributed by atoms with Gasteiger partial charge in [-0.2, -0.15) is 4.37 Å². The third kappa shape index (κ3) is 2.46. The van der Waals surface area contributed by atoms with Crippen LogP contribution in [0.5, 0.6) is 0 Å². The lowest BCUT2D eigenvalue weighted by molar-refractivity contribution is 0.103. The molecule has 0 atom stereocenters. The van der Waals surface area contributed by atoms with Crippen LogP contribution in [0.4, 0.5) is 11.4 Å².